The summed E-state index contributed by atoms with van der Waals surface area (Å²) in [5.41, 5.74) is 3.62. The molecule has 1 N–H and O–H groups in total. The summed E-state index contributed by atoms with van der Waals surface area (Å²) in [5.74, 6) is -0.306. The van der Waals surface area contributed by atoms with Gasteiger partial charge in [-0.15, -0.1) is 0 Å². The Labute approximate surface area is 174 Å². The van der Waals surface area contributed by atoms with E-state index in [4.69, 9.17) is 9.16 Å². The number of carbonyl (C=O) groups is 1. The lowest BCUT2D eigenvalue weighted by molar-refractivity contribution is -0.121. The molecule has 1 atom stereocenters. The normalized spacial score (nSPS) is 17.6. The predicted molar refractivity (Wildman–Crippen MR) is 118 cm³/mol. The third kappa shape index (κ3) is 5.54. The summed E-state index contributed by atoms with van der Waals surface area (Å²) >= 11 is 0. The fourth-order valence-corrected chi connectivity index (χ4v) is 3.94. The van der Waals surface area contributed by atoms with Crippen LogP contribution in [0.3, 0.4) is 0 Å². The van der Waals surface area contributed by atoms with Crippen molar-refractivity contribution in [2.24, 2.45) is 11.0 Å². The molecule has 0 radical (unpaired) electrons. The molecule has 5 nitrogen and oxygen atoms in total. The fourth-order valence-electron chi connectivity index (χ4n) is 2.85. The van der Waals surface area contributed by atoms with Gasteiger partial charge in [0.25, 0.3) is 0 Å². The SMILES string of the molecule is C=Cc1c(OCCCO[Si](C)(C)C(C)(C)C)ccc(C2=NNC(=O)CC2C)c1F. The van der Waals surface area contributed by atoms with Crippen LogP contribution < -0.4 is 10.2 Å². The summed E-state index contributed by atoms with van der Waals surface area (Å²) in [6, 6.07) is 3.38. The summed E-state index contributed by atoms with van der Waals surface area (Å²) < 4.78 is 27.0. The molecule has 1 heterocycles. The number of nitrogens with zero attached hydrogens (tertiary/aromatic N) is 1. The minimum Gasteiger partial charge on any atom is -0.493 e. The number of hydrazone groups is 1. The molecule has 1 aliphatic heterocycles. The number of rotatable bonds is 8. The monoisotopic (exact) mass is 420 g/mol. The van der Waals surface area contributed by atoms with Crippen LogP contribution in [-0.2, 0) is 9.22 Å². The Morgan fingerprint density at radius 3 is 2.62 bits per heavy atom. The summed E-state index contributed by atoms with van der Waals surface area (Å²) in [5, 5.41) is 4.21. The number of halogens is 1. The van der Waals surface area contributed by atoms with Gasteiger partial charge in [-0.2, -0.15) is 5.10 Å². The van der Waals surface area contributed by atoms with Gasteiger partial charge in [-0.1, -0.05) is 40.3 Å². The van der Waals surface area contributed by atoms with E-state index in [2.05, 4.69) is 51.0 Å². The number of hydrogen-bond acceptors (Lipinski definition) is 4. The Kier molecular flexibility index (Phi) is 7.40. The fraction of sp³-hybridized carbons (Fsp3) is 0.545. The van der Waals surface area contributed by atoms with E-state index in [0.717, 1.165) is 6.42 Å². The van der Waals surface area contributed by atoms with Crippen molar-refractivity contribution in [2.75, 3.05) is 13.2 Å². The van der Waals surface area contributed by atoms with Gasteiger partial charge in [0.1, 0.15) is 11.6 Å². The third-order valence-electron chi connectivity index (χ3n) is 5.69. The third-order valence-corrected chi connectivity index (χ3v) is 10.2. The van der Waals surface area contributed by atoms with Crippen LogP contribution in [0.5, 0.6) is 5.75 Å². The maximum absolute atomic E-state index is 15.1. The number of nitrogens with one attached hydrogen (secondary N) is 1. The highest BCUT2D eigenvalue weighted by Crippen LogP contribution is 2.36. The molecular weight excluding hydrogens is 387 g/mol. The van der Waals surface area contributed by atoms with Gasteiger partial charge in [0.2, 0.25) is 5.91 Å². The lowest BCUT2D eigenvalue weighted by Crippen LogP contribution is -2.41. The number of benzene rings is 1. The van der Waals surface area contributed by atoms with E-state index in [0.29, 0.717) is 35.8 Å². The van der Waals surface area contributed by atoms with Crippen LogP contribution in [0.1, 0.15) is 51.7 Å². The van der Waals surface area contributed by atoms with E-state index in [1.54, 1.807) is 12.1 Å². The van der Waals surface area contributed by atoms with Crippen LogP contribution in [0.2, 0.25) is 18.1 Å². The number of ether oxygens (including phenoxy) is 1. The zero-order valence-corrected chi connectivity index (χ0v) is 19.4. The Morgan fingerprint density at radius 2 is 2.03 bits per heavy atom. The average Bonchev–Trinajstić information content (AvgIpc) is 2.61. The zero-order chi connectivity index (χ0) is 21.8. The zero-order valence-electron chi connectivity index (χ0n) is 18.4. The van der Waals surface area contributed by atoms with E-state index >= 15 is 4.39 Å². The van der Waals surface area contributed by atoms with Crippen molar-refractivity contribution in [3.8, 4) is 5.75 Å². The number of amides is 1. The smallest absolute Gasteiger partial charge is 0.240 e. The first-order valence-electron chi connectivity index (χ1n) is 10.1. The molecule has 0 spiro atoms. The second-order valence-corrected chi connectivity index (χ2v) is 13.8. The van der Waals surface area contributed by atoms with Gasteiger partial charge in [-0.25, -0.2) is 9.82 Å². The van der Waals surface area contributed by atoms with Gasteiger partial charge >= 0.3 is 0 Å². The van der Waals surface area contributed by atoms with Crippen molar-refractivity contribution in [1.29, 1.82) is 0 Å². The van der Waals surface area contributed by atoms with Gasteiger partial charge in [-0.05, 0) is 30.3 Å². The summed E-state index contributed by atoms with van der Waals surface area (Å²) in [7, 11) is -1.77. The van der Waals surface area contributed by atoms with Gasteiger partial charge in [0, 0.05) is 30.9 Å². The summed E-state index contributed by atoms with van der Waals surface area (Å²) in [6.07, 6.45) is 2.46. The molecule has 0 aliphatic carbocycles. The molecule has 0 aromatic heterocycles. The second kappa shape index (κ2) is 9.22. The maximum Gasteiger partial charge on any atom is 0.240 e. The van der Waals surface area contributed by atoms with Crippen molar-refractivity contribution in [3.05, 3.63) is 35.7 Å². The molecule has 160 valence electrons. The average molecular weight is 421 g/mol. The lowest BCUT2D eigenvalue weighted by Gasteiger charge is -2.36. The standard InChI is InChI=1S/C22H33FN2O3Si/c1-8-16-18(27-12-9-13-28-29(6,7)22(3,4)5)11-10-17(20(16)23)21-15(2)14-19(26)24-25-21/h8,10-11,15H,1,9,12-14H2,2-7H3,(H,24,26). The van der Waals surface area contributed by atoms with Crippen LogP contribution in [-0.4, -0.2) is 33.2 Å². The van der Waals surface area contributed by atoms with Gasteiger partial charge in [0.05, 0.1) is 17.9 Å². The highest BCUT2D eigenvalue weighted by Gasteiger charge is 2.36. The molecule has 1 unspecified atom stereocenters. The first-order valence-corrected chi connectivity index (χ1v) is 13.0. The van der Waals surface area contributed by atoms with E-state index in [-0.39, 0.29) is 23.3 Å². The Bertz CT molecular complexity index is 800. The van der Waals surface area contributed by atoms with Crippen LogP contribution in [0, 0.1) is 11.7 Å². The van der Waals surface area contributed by atoms with E-state index in [9.17, 15) is 4.79 Å². The van der Waals surface area contributed by atoms with E-state index in [1.807, 2.05) is 6.92 Å². The van der Waals surface area contributed by atoms with E-state index in [1.165, 1.54) is 6.08 Å². The van der Waals surface area contributed by atoms with Crippen molar-refractivity contribution < 1.29 is 18.3 Å². The highest BCUT2D eigenvalue weighted by molar-refractivity contribution is 6.74. The van der Waals surface area contributed by atoms with Crippen LogP contribution in [0.4, 0.5) is 4.39 Å². The molecule has 0 saturated carbocycles. The largest absolute Gasteiger partial charge is 0.493 e. The quantitative estimate of drug-likeness (QED) is 0.469. The van der Waals surface area contributed by atoms with Gasteiger partial charge < -0.3 is 9.16 Å². The van der Waals surface area contributed by atoms with E-state index < -0.39 is 14.1 Å². The minimum atomic E-state index is -1.77. The molecule has 1 amide bonds. The molecule has 1 aromatic rings. The molecule has 0 fully saturated rings. The summed E-state index contributed by atoms with van der Waals surface area (Å²) in [6.45, 7) is 17.7. The topological polar surface area (TPSA) is 59.9 Å². The molecular formula is C22H33FN2O3Si. The number of hydrogen-bond donors (Lipinski definition) is 1. The van der Waals surface area contributed by atoms with Crippen LogP contribution in [0.25, 0.3) is 6.08 Å². The lowest BCUT2D eigenvalue weighted by atomic mass is 9.92. The molecule has 1 aromatic carbocycles. The van der Waals surface area contributed by atoms with Gasteiger partial charge in [0.15, 0.2) is 8.32 Å². The Morgan fingerprint density at radius 1 is 1.34 bits per heavy atom. The van der Waals surface area contributed by atoms with Crippen molar-refractivity contribution in [1.82, 2.24) is 5.43 Å². The Balaban J connectivity index is 2.03. The highest BCUT2D eigenvalue weighted by atomic mass is 28.4. The molecule has 0 saturated heterocycles. The Hall–Kier alpha value is -1.99. The summed E-state index contributed by atoms with van der Waals surface area (Å²) in [4.78, 5) is 11.4. The maximum atomic E-state index is 15.1. The molecule has 0 bridgehead atoms. The first-order chi connectivity index (χ1) is 13.5. The van der Waals surface area contributed by atoms with Crippen molar-refractivity contribution in [3.63, 3.8) is 0 Å². The van der Waals surface area contributed by atoms with Crippen molar-refractivity contribution >= 4 is 26.0 Å². The minimum absolute atomic E-state index is 0.157. The van der Waals surface area contributed by atoms with Crippen molar-refractivity contribution in [2.45, 2.75) is 58.7 Å². The molecule has 2 rings (SSSR count). The van der Waals surface area contributed by atoms with Gasteiger partial charge in [-0.3, -0.25) is 4.79 Å². The number of carbonyl (C=O) groups excluding carboxylic acids is 1. The van der Waals surface area contributed by atoms with Crippen LogP contribution >= 0.6 is 0 Å². The predicted octanol–water partition coefficient (Wildman–Crippen LogP) is 5.12. The molecule has 1 aliphatic rings. The second-order valence-electron chi connectivity index (χ2n) is 8.99. The molecule has 7 heteroatoms. The first kappa shape index (κ1) is 23.3. The molecule has 29 heavy (non-hydrogen) atoms. The van der Waals surface area contributed by atoms with Crippen LogP contribution in [0.15, 0.2) is 23.8 Å².